The highest BCUT2D eigenvalue weighted by Crippen LogP contribution is 2.30. The molecule has 3 nitrogen and oxygen atoms in total. The van der Waals surface area contributed by atoms with E-state index < -0.39 is 0 Å². The minimum Gasteiger partial charge on any atom is -0.488 e. The maximum Gasteiger partial charge on any atom is 0.128 e. The van der Waals surface area contributed by atoms with Gasteiger partial charge in [-0.15, -0.1) is 0 Å². The van der Waals surface area contributed by atoms with Gasteiger partial charge < -0.3 is 14.8 Å². The van der Waals surface area contributed by atoms with Gasteiger partial charge in [-0.3, -0.25) is 0 Å². The zero-order valence-electron chi connectivity index (χ0n) is 13.3. The molecule has 112 valence electrons. The Morgan fingerprint density at radius 3 is 2.65 bits per heavy atom. The van der Waals surface area contributed by atoms with E-state index in [9.17, 15) is 0 Å². The van der Waals surface area contributed by atoms with Crippen molar-refractivity contribution in [2.75, 3.05) is 13.7 Å². The van der Waals surface area contributed by atoms with Crippen molar-refractivity contribution in [2.45, 2.75) is 58.3 Å². The topological polar surface area (TPSA) is 30.5 Å². The largest absolute Gasteiger partial charge is 0.488 e. The highest BCUT2D eigenvalue weighted by molar-refractivity contribution is 5.36. The van der Waals surface area contributed by atoms with E-state index in [1.807, 2.05) is 0 Å². The van der Waals surface area contributed by atoms with Crippen LogP contribution in [-0.4, -0.2) is 31.9 Å². The Balaban J connectivity index is 1.99. The first-order valence-corrected chi connectivity index (χ1v) is 7.60. The van der Waals surface area contributed by atoms with Crippen molar-refractivity contribution in [3.05, 3.63) is 29.3 Å². The predicted molar refractivity (Wildman–Crippen MR) is 82.6 cm³/mol. The van der Waals surface area contributed by atoms with E-state index in [1.54, 1.807) is 7.11 Å². The van der Waals surface area contributed by atoms with Crippen molar-refractivity contribution in [1.82, 2.24) is 5.32 Å². The number of rotatable bonds is 6. The molecule has 1 aliphatic rings. The predicted octanol–water partition coefficient (Wildman–Crippen LogP) is 3.26. The number of likely N-dealkylation sites (N-methyl/N-ethyl adjacent to an activating group) is 1. The van der Waals surface area contributed by atoms with Gasteiger partial charge in [0.2, 0.25) is 0 Å². The van der Waals surface area contributed by atoms with Crippen LogP contribution in [0.5, 0.6) is 5.75 Å². The molecule has 0 amide bonds. The van der Waals surface area contributed by atoms with Crippen LogP contribution in [-0.2, 0) is 4.74 Å². The Bertz CT molecular complexity index is 445. The lowest BCUT2D eigenvalue weighted by molar-refractivity contribution is -0.0884. The fraction of sp³-hybridized carbons (Fsp3) is 0.647. The van der Waals surface area contributed by atoms with Gasteiger partial charge >= 0.3 is 0 Å². The molecule has 1 aliphatic carbocycles. The van der Waals surface area contributed by atoms with E-state index in [0.29, 0.717) is 12.0 Å². The zero-order chi connectivity index (χ0) is 14.7. The SMILES string of the molecule is CCNC1CC(Oc2ccc(C(C)C)c(C)c2)C1OC. The number of hydrogen-bond acceptors (Lipinski definition) is 3. The molecule has 0 aliphatic heterocycles. The van der Waals surface area contributed by atoms with Crippen LogP contribution in [0.1, 0.15) is 44.2 Å². The summed E-state index contributed by atoms with van der Waals surface area (Å²) in [7, 11) is 1.76. The average Bonchev–Trinajstić information content (AvgIpc) is 2.37. The highest BCUT2D eigenvalue weighted by Gasteiger charge is 2.42. The number of methoxy groups -OCH3 is 1. The fourth-order valence-electron chi connectivity index (χ4n) is 3.02. The molecule has 1 N–H and O–H groups in total. The number of aryl methyl sites for hydroxylation is 1. The summed E-state index contributed by atoms with van der Waals surface area (Å²) in [6, 6.07) is 6.82. The molecule has 1 fully saturated rings. The van der Waals surface area contributed by atoms with Crippen molar-refractivity contribution in [3.8, 4) is 5.75 Å². The highest BCUT2D eigenvalue weighted by atomic mass is 16.5. The van der Waals surface area contributed by atoms with E-state index in [0.717, 1.165) is 18.7 Å². The fourth-order valence-corrected chi connectivity index (χ4v) is 3.02. The summed E-state index contributed by atoms with van der Waals surface area (Å²) in [5, 5.41) is 3.43. The minimum atomic E-state index is 0.153. The second-order valence-corrected chi connectivity index (χ2v) is 5.93. The third-order valence-electron chi connectivity index (χ3n) is 4.14. The second-order valence-electron chi connectivity index (χ2n) is 5.93. The Morgan fingerprint density at radius 2 is 2.10 bits per heavy atom. The molecule has 3 unspecified atom stereocenters. The van der Waals surface area contributed by atoms with Crippen molar-refractivity contribution < 1.29 is 9.47 Å². The molecule has 0 aromatic heterocycles. The third kappa shape index (κ3) is 3.15. The van der Waals surface area contributed by atoms with E-state index >= 15 is 0 Å². The van der Waals surface area contributed by atoms with E-state index in [4.69, 9.17) is 9.47 Å². The molecule has 1 saturated carbocycles. The lowest BCUT2D eigenvalue weighted by Gasteiger charge is -2.43. The summed E-state index contributed by atoms with van der Waals surface area (Å²) < 4.78 is 11.6. The number of hydrogen-bond donors (Lipinski definition) is 1. The standard InChI is InChI=1S/C17H27NO2/c1-6-18-15-10-16(17(15)19-5)20-13-7-8-14(11(2)3)12(4)9-13/h7-9,11,15-18H,6,10H2,1-5H3. The lowest BCUT2D eigenvalue weighted by Crippen LogP contribution is -2.60. The third-order valence-corrected chi connectivity index (χ3v) is 4.14. The zero-order valence-corrected chi connectivity index (χ0v) is 13.3. The summed E-state index contributed by atoms with van der Waals surface area (Å²) in [5.74, 6) is 1.51. The quantitative estimate of drug-likeness (QED) is 0.865. The van der Waals surface area contributed by atoms with Crippen molar-refractivity contribution in [3.63, 3.8) is 0 Å². The number of ether oxygens (including phenoxy) is 2. The van der Waals surface area contributed by atoms with Gasteiger partial charge in [-0.05, 0) is 42.6 Å². The first-order chi connectivity index (χ1) is 9.56. The molecule has 0 bridgehead atoms. The van der Waals surface area contributed by atoms with Crippen LogP contribution in [0.15, 0.2) is 18.2 Å². The van der Waals surface area contributed by atoms with Crippen LogP contribution in [0.4, 0.5) is 0 Å². The summed E-state index contributed by atoms with van der Waals surface area (Å²) >= 11 is 0. The molecular formula is C17H27NO2. The smallest absolute Gasteiger partial charge is 0.128 e. The summed E-state index contributed by atoms with van der Waals surface area (Å²) in [4.78, 5) is 0. The van der Waals surface area contributed by atoms with Crippen molar-refractivity contribution in [2.24, 2.45) is 0 Å². The summed E-state index contributed by atoms with van der Waals surface area (Å²) in [5.41, 5.74) is 2.69. The van der Waals surface area contributed by atoms with Gasteiger partial charge in [0.1, 0.15) is 18.0 Å². The number of nitrogens with one attached hydrogen (secondary N) is 1. The van der Waals surface area contributed by atoms with Gasteiger partial charge in [0, 0.05) is 19.6 Å². The van der Waals surface area contributed by atoms with Crippen LogP contribution < -0.4 is 10.1 Å². The normalized spacial score (nSPS) is 25.6. The molecular weight excluding hydrogens is 250 g/mol. The van der Waals surface area contributed by atoms with E-state index in [1.165, 1.54) is 11.1 Å². The van der Waals surface area contributed by atoms with Gasteiger partial charge in [0.15, 0.2) is 0 Å². The van der Waals surface area contributed by atoms with Crippen molar-refractivity contribution >= 4 is 0 Å². The summed E-state index contributed by atoms with van der Waals surface area (Å²) in [6.45, 7) is 9.68. The molecule has 1 aromatic carbocycles. The Hall–Kier alpha value is -1.06. The van der Waals surface area contributed by atoms with Gasteiger partial charge in [0.25, 0.3) is 0 Å². The van der Waals surface area contributed by atoms with E-state index in [2.05, 4.69) is 51.2 Å². The molecule has 20 heavy (non-hydrogen) atoms. The van der Waals surface area contributed by atoms with Gasteiger partial charge in [0.05, 0.1) is 0 Å². The Kier molecular flexibility index (Phi) is 5.06. The van der Waals surface area contributed by atoms with Crippen LogP contribution in [0.25, 0.3) is 0 Å². The van der Waals surface area contributed by atoms with Gasteiger partial charge in [-0.2, -0.15) is 0 Å². The number of benzene rings is 1. The Labute approximate surface area is 122 Å². The summed E-state index contributed by atoms with van der Waals surface area (Å²) in [6.07, 6.45) is 1.32. The minimum absolute atomic E-state index is 0.153. The average molecular weight is 277 g/mol. The molecule has 0 radical (unpaired) electrons. The molecule has 3 atom stereocenters. The Morgan fingerprint density at radius 1 is 1.35 bits per heavy atom. The molecule has 0 saturated heterocycles. The molecule has 0 heterocycles. The maximum atomic E-state index is 6.08. The van der Waals surface area contributed by atoms with Gasteiger partial charge in [-0.25, -0.2) is 0 Å². The maximum absolute atomic E-state index is 6.08. The van der Waals surface area contributed by atoms with Crippen LogP contribution in [0, 0.1) is 6.92 Å². The molecule has 3 heteroatoms. The van der Waals surface area contributed by atoms with Gasteiger partial charge in [-0.1, -0.05) is 26.8 Å². The monoisotopic (exact) mass is 277 g/mol. The molecule has 2 rings (SSSR count). The van der Waals surface area contributed by atoms with Crippen molar-refractivity contribution in [1.29, 1.82) is 0 Å². The lowest BCUT2D eigenvalue weighted by atomic mass is 9.85. The molecule has 0 spiro atoms. The van der Waals surface area contributed by atoms with Crippen LogP contribution in [0.2, 0.25) is 0 Å². The first-order valence-electron chi connectivity index (χ1n) is 7.60. The van der Waals surface area contributed by atoms with E-state index in [-0.39, 0.29) is 12.2 Å². The molecule has 1 aromatic rings. The first kappa shape index (κ1) is 15.3. The van der Waals surface area contributed by atoms with Crippen LogP contribution in [0.3, 0.4) is 0 Å². The van der Waals surface area contributed by atoms with Crippen LogP contribution >= 0.6 is 0 Å². The second kappa shape index (κ2) is 6.59.